The van der Waals surface area contributed by atoms with Gasteiger partial charge in [-0.15, -0.1) is 16.8 Å². The lowest BCUT2D eigenvalue weighted by molar-refractivity contribution is 0.414. The molecule has 84 valence electrons. The van der Waals surface area contributed by atoms with Crippen LogP contribution < -0.4 is 5.73 Å². The molecule has 0 atom stereocenters. The Morgan fingerprint density at radius 1 is 1.33 bits per heavy atom. The fourth-order valence-corrected chi connectivity index (χ4v) is 1.88. The molecule has 0 saturated carbocycles. The van der Waals surface area contributed by atoms with E-state index in [9.17, 15) is 0 Å². The Balaban J connectivity index is 2.06. The van der Waals surface area contributed by atoms with E-state index in [2.05, 4.69) is 16.8 Å². The van der Waals surface area contributed by atoms with Gasteiger partial charge in [0.1, 0.15) is 0 Å². The maximum absolute atomic E-state index is 5.36. The largest absolute Gasteiger partial charge is 0.415 e. The number of hydrogen-bond donors (Lipinski definition) is 1. The molecule has 0 aliphatic heterocycles. The number of unbranched alkanes of at least 4 members (excludes halogenated alkanes) is 3. The van der Waals surface area contributed by atoms with Crippen LogP contribution in [0.1, 0.15) is 31.6 Å². The Morgan fingerprint density at radius 2 is 2.20 bits per heavy atom. The van der Waals surface area contributed by atoms with Crippen molar-refractivity contribution in [2.45, 2.75) is 37.5 Å². The molecule has 0 aliphatic rings. The Kier molecular flexibility index (Phi) is 6.11. The van der Waals surface area contributed by atoms with Crippen molar-refractivity contribution in [2.24, 2.45) is 5.73 Å². The topological polar surface area (TPSA) is 64.9 Å². The molecule has 0 amide bonds. The summed E-state index contributed by atoms with van der Waals surface area (Å²) in [6.45, 7) is 4.00. The number of nitrogens with zero attached hydrogens (tertiary/aromatic N) is 2. The second-order valence-electron chi connectivity index (χ2n) is 3.15. The van der Waals surface area contributed by atoms with Gasteiger partial charge in [0, 0.05) is 5.75 Å². The van der Waals surface area contributed by atoms with E-state index in [1.807, 2.05) is 6.08 Å². The van der Waals surface area contributed by atoms with Crippen LogP contribution >= 0.6 is 11.8 Å². The van der Waals surface area contributed by atoms with Gasteiger partial charge in [-0.1, -0.05) is 24.3 Å². The zero-order valence-corrected chi connectivity index (χ0v) is 9.63. The highest BCUT2D eigenvalue weighted by atomic mass is 32.2. The van der Waals surface area contributed by atoms with Crippen molar-refractivity contribution >= 4 is 11.8 Å². The molecule has 0 unspecified atom stereocenters. The van der Waals surface area contributed by atoms with Gasteiger partial charge >= 0.3 is 0 Å². The minimum atomic E-state index is 0.312. The van der Waals surface area contributed by atoms with E-state index >= 15 is 0 Å². The summed E-state index contributed by atoms with van der Waals surface area (Å²) in [7, 11) is 0. The van der Waals surface area contributed by atoms with Crippen molar-refractivity contribution in [3.05, 3.63) is 18.5 Å². The van der Waals surface area contributed by atoms with E-state index < -0.39 is 0 Å². The van der Waals surface area contributed by atoms with Crippen molar-refractivity contribution < 1.29 is 4.42 Å². The Morgan fingerprint density at radius 3 is 2.87 bits per heavy atom. The average Bonchev–Trinajstić information content (AvgIpc) is 2.71. The van der Waals surface area contributed by atoms with Gasteiger partial charge in [-0.2, -0.15) is 0 Å². The zero-order chi connectivity index (χ0) is 10.9. The third kappa shape index (κ3) is 4.99. The van der Waals surface area contributed by atoms with Crippen LogP contribution in [0.2, 0.25) is 0 Å². The minimum Gasteiger partial charge on any atom is -0.415 e. The highest BCUT2D eigenvalue weighted by Gasteiger charge is 2.03. The fourth-order valence-electron chi connectivity index (χ4n) is 1.11. The van der Waals surface area contributed by atoms with Crippen LogP contribution in [0.15, 0.2) is 22.3 Å². The molecular formula is C10H17N3OS. The molecule has 0 bridgehead atoms. The lowest BCUT2D eigenvalue weighted by Crippen LogP contribution is -1.95. The van der Waals surface area contributed by atoms with Gasteiger partial charge in [0.2, 0.25) is 5.89 Å². The molecule has 1 rings (SSSR count). The third-order valence-electron chi connectivity index (χ3n) is 1.90. The minimum absolute atomic E-state index is 0.312. The number of hydrogen-bond acceptors (Lipinski definition) is 5. The highest BCUT2D eigenvalue weighted by molar-refractivity contribution is 7.99. The zero-order valence-electron chi connectivity index (χ0n) is 8.82. The lowest BCUT2D eigenvalue weighted by Gasteiger charge is -1.96. The second-order valence-corrected chi connectivity index (χ2v) is 4.20. The first-order valence-corrected chi connectivity index (χ1v) is 6.11. The molecule has 0 aliphatic carbocycles. The monoisotopic (exact) mass is 227 g/mol. The summed E-state index contributed by atoms with van der Waals surface area (Å²) in [6.07, 6.45) is 6.65. The molecule has 0 aromatic carbocycles. The molecule has 0 saturated heterocycles. The average molecular weight is 227 g/mol. The molecule has 15 heavy (non-hydrogen) atoms. The molecule has 1 aromatic rings. The standard InChI is InChI=1S/C10H17N3OS/c1-2-3-4-5-6-7-15-10-13-12-9(8-11)14-10/h2H,1,3-8,11H2. The van der Waals surface area contributed by atoms with Crippen LogP contribution in [-0.2, 0) is 6.54 Å². The highest BCUT2D eigenvalue weighted by Crippen LogP contribution is 2.17. The molecule has 1 aromatic heterocycles. The molecule has 4 nitrogen and oxygen atoms in total. The number of rotatable bonds is 8. The number of aromatic nitrogens is 2. The predicted octanol–water partition coefficient (Wildman–Crippen LogP) is 2.37. The maximum atomic E-state index is 5.36. The second kappa shape index (κ2) is 7.48. The number of allylic oxidation sites excluding steroid dienone is 1. The van der Waals surface area contributed by atoms with E-state index in [1.54, 1.807) is 11.8 Å². The molecule has 0 fully saturated rings. The quantitative estimate of drug-likeness (QED) is 0.419. The van der Waals surface area contributed by atoms with Gasteiger partial charge in [-0.25, -0.2) is 0 Å². The molecule has 1 heterocycles. The predicted molar refractivity (Wildman–Crippen MR) is 61.6 cm³/mol. The molecule has 2 N–H and O–H groups in total. The van der Waals surface area contributed by atoms with Crippen molar-refractivity contribution in [3.63, 3.8) is 0 Å². The first kappa shape index (κ1) is 12.3. The molecular weight excluding hydrogens is 210 g/mol. The normalized spacial score (nSPS) is 10.5. The molecule has 0 radical (unpaired) electrons. The lowest BCUT2D eigenvalue weighted by atomic mass is 10.2. The van der Waals surface area contributed by atoms with Crippen molar-refractivity contribution in [1.29, 1.82) is 0 Å². The van der Waals surface area contributed by atoms with Gasteiger partial charge in [-0.3, -0.25) is 0 Å². The fraction of sp³-hybridized carbons (Fsp3) is 0.600. The number of nitrogens with two attached hydrogens (primary N) is 1. The third-order valence-corrected chi connectivity index (χ3v) is 2.81. The first-order chi connectivity index (χ1) is 7.36. The SMILES string of the molecule is C=CCCCCCSc1nnc(CN)o1. The summed E-state index contributed by atoms with van der Waals surface area (Å²) in [6, 6.07) is 0. The summed E-state index contributed by atoms with van der Waals surface area (Å²) >= 11 is 1.59. The van der Waals surface area contributed by atoms with Gasteiger partial charge in [0.05, 0.1) is 6.54 Å². The Labute approximate surface area is 94.3 Å². The summed E-state index contributed by atoms with van der Waals surface area (Å²) in [5.41, 5.74) is 5.36. The Bertz CT molecular complexity index is 288. The molecule has 5 heteroatoms. The number of thioether (sulfide) groups is 1. The van der Waals surface area contributed by atoms with Crippen LogP contribution in [0.5, 0.6) is 0 Å². The van der Waals surface area contributed by atoms with Gasteiger partial charge in [0.25, 0.3) is 5.22 Å². The van der Waals surface area contributed by atoms with Gasteiger partial charge in [0.15, 0.2) is 0 Å². The summed E-state index contributed by atoms with van der Waals surface area (Å²) < 4.78 is 5.26. The van der Waals surface area contributed by atoms with Crippen LogP contribution in [0.4, 0.5) is 0 Å². The summed E-state index contributed by atoms with van der Waals surface area (Å²) in [5.74, 6) is 1.52. The van der Waals surface area contributed by atoms with Crippen LogP contribution in [0.25, 0.3) is 0 Å². The van der Waals surface area contributed by atoms with Gasteiger partial charge < -0.3 is 10.2 Å². The van der Waals surface area contributed by atoms with E-state index in [0.29, 0.717) is 17.7 Å². The van der Waals surface area contributed by atoms with E-state index in [1.165, 1.54) is 19.3 Å². The summed E-state index contributed by atoms with van der Waals surface area (Å²) in [5, 5.41) is 8.28. The van der Waals surface area contributed by atoms with E-state index in [0.717, 1.165) is 12.2 Å². The first-order valence-electron chi connectivity index (χ1n) is 5.13. The van der Waals surface area contributed by atoms with E-state index in [-0.39, 0.29) is 0 Å². The smallest absolute Gasteiger partial charge is 0.276 e. The van der Waals surface area contributed by atoms with Crippen LogP contribution in [0, 0.1) is 0 Å². The summed E-state index contributed by atoms with van der Waals surface area (Å²) in [4.78, 5) is 0. The van der Waals surface area contributed by atoms with Crippen LogP contribution in [0.3, 0.4) is 0 Å². The van der Waals surface area contributed by atoms with Crippen LogP contribution in [-0.4, -0.2) is 16.0 Å². The van der Waals surface area contributed by atoms with Crippen molar-refractivity contribution in [2.75, 3.05) is 5.75 Å². The Hall–Kier alpha value is -0.810. The van der Waals surface area contributed by atoms with Gasteiger partial charge in [-0.05, 0) is 19.3 Å². The maximum Gasteiger partial charge on any atom is 0.276 e. The van der Waals surface area contributed by atoms with E-state index in [4.69, 9.17) is 10.2 Å². The van der Waals surface area contributed by atoms with Crippen molar-refractivity contribution in [1.82, 2.24) is 10.2 Å². The molecule has 0 spiro atoms. The van der Waals surface area contributed by atoms with Crippen molar-refractivity contribution in [3.8, 4) is 0 Å².